The summed E-state index contributed by atoms with van der Waals surface area (Å²) in [4.78, 5) is 24.0. The topological polar surface area (TPSA) is 152 Å². The normalized spacial score (nSPS) is 24.1. The average molecular weight is 561 g/mol. The van der Waals surface area contributed by atoms with Crippen LogP contribution in [0.15, 0.2) is 12.2 Å². The molecular formula is C29H52O10. The maximum Gasteiger partial charge on any atom is 0.306 e. The summed E-state index contributed by atoms with van der Waals surface area (Å²) in [6, 6.07) is 0. The molecule has 0 saturated carbocycles. The van der Waals surface area contributed by atoms with Crippen molar-refractivity contribution in [1.82, 2.24) is 0 Å². The van der Waals surface area contributed by atoms with Crippen molar-refractivity contribution in [2.75, 3.05) is 19.8 Å². The lowest BCUT2D eigenvalue weighted by Gasteiger charge is -2.39. The molecule has 1 rings (SSSR count). The van der Waals surface area contributed by atoms with Crippen LogP contribution in [0.2, 0.25) is 0 Å². The van der Waals surface area contributed by atoms with Crippen LogP contribution in [0, 0.1) is 0 Å². The second-order valence-corrected chi connectivity index (χ2v) is 10.2. The highest BCUT2D eigenvalue weighted by molar-refractivity contribution is 5.70. The molecule has 6 atom stereocenters. The Hall–Kier alpha value is -1.56. The lowest BCUT2D eigenvalue weighted by molar-refractivity contribution is -0.305. The lowest BCUT2D eigenvalue weighted by Crippen LogP contribution is -2.59. The first-order chi connectivity index (χ1) is 18.8. The molecule has 10 heteroatoms. The molecule has 0 aromatic rings. The molecule has 10 nitrogen and oxygen atoms in total. The minimum Gasteiger partial charge on any atom is -0.462 e. The number of aliphatic hydroxyl groups excluding tert-OH is 4. The van der Waals surface area contributed by atoms with E-state index in [1.807, 2.05) is 0 Å². The second-order valence-electron chi connectivity index (χ2n) is 10.2. The molecule has 0 radical (unpaired) electrons. The van der Waals surface area contributed by atoms with Gasteiger partial charge in [-0.1, -0.05) is 70.9 Å². The fourth-order valence-electron chi connectivity index (χ4n) is 4.22. The van der Waals surface area contributed by atoms with E-state index in [-0.39, 0.29) is 26.1 Å². The van der Waals surface area contributed by atoms with Crippen LogP contribution in [0.5, 0.6) is 0 Å². The van der Waals surface area contributed by atoms with Crippen LogP contribution < -0.4 is 0 Å². The first-order valence-corrected chi connectivity index (χ1v) is 14.8. The van der Waals surface area contributed by atoms with Gasteiger partial charge in [-0.15, -0.1) is 0 Å². The largest absolute Gasteiger partial charge is 0.462 e. The number of carbonyl (C=O) groups excluding carboxylic acids is 2. The van der Waals surface area contributed by atoms with Crippen molar-refractivity contribution in [2.24, 2.45) is 0 Å². The molecule has 1 fully saturated rings. The predicted octanol–water partition coefficient (Wildman–Crippen LogP) is 3.32. The molecule has 0 aliphatic carbocycles. The van der Waals surface area contributed by atoms with Crippen LogP contribution in [0.25, 0.3) is 0 Å². The first kappa shape index (κ1) is 35.5. The number of esters is 2. The predicted molar refractivity (Wildman–Crippen MR) is 146 cm³/mol. The molecular weight excluding hydrogens is 508 g/mol. The summed E-state index contributed by atoms with van der Waals surface area (Å²) in [5.41, 5.74) is 0. The molecule has 0 amide bonds. The van der Waals surface area contributed by atoms with Crippen LogP contribution in [0.3, 0.4) is 0 Å². The molecule has 1 aliphatic heterocycles. The van der Waals surface area contributed by atoms with E-state index in [0.29, 0.717) is 6.42 Å². The van der Waals surface area contributed by atoms with E-state index >= 15 is 0 Å². The summed E-state index contributed by atoms with van der Waals surface area (Å²) in [7, 11) is 0. The van der Waals surface area contributed by atoms with Gasteiger partial charge in [0, 0.05) is 12.8 Å². The molecule has 0 aromatic heterocycles. The van der Waals surface area contributed by atoms with Crippen LogP contribution in [0.1, 0.15) is 104 Å². The smallest absolute Gasteiger partial charge is 0.306 e. The third-order valence-electron chi connectivity index (χ3n) is 6.70. The van der Waals surface area contributed by atoms with Gasteiger partial charge in [-0.25, -0.2) is 0 Å². The van der Waals surface area contributed by atoms with E-state index in [2.05, 4.69) is 19.1 Å². The van der Waals surface area contributed by atoms with Gasteiger partial charge in [0.1, 0.15) is 31.0 Å². The first-order valence-electron chi connectivity index (χ1n) is 14.8. The number of rotatable bonds is 22. The summed E-state index contributed by atoms with van der Waals surface area (Å²) in [5.74, 6) is -0.919. The number of aliphatic hydroxyl groups is 4. The number of hydrogen-bond donors (Lipinski definition) is 4. The van der Waals surface area contributed by atoms with Crippen molar-refractivity contribution in [2.45, 2.75) is 141 Å². The highest BCUT2D eigenvalue weighted by atomic mass is 16.7. The summed E-state index contributed by atoms with van der Waals surface area (Å²) < 4.78 is 21.3. The number of hydrogen-bond acceptors (Lipinski definition) is 10. The Morgan fingerprint density at radius 1 is 0.795 bits per heavy atom. The minimum absolute atomic E-state index is 0.156. The van der Waals surface area contributed by atoms with Gasteiger partial charge in [0.15, 0.2) is 12.4 Å². The van der Waals surface area contributed by atoms with Crippen LogP contribution in [0.4, 0.5) is 0 Å². The van der Waals surface area contributed by atoms with Crippen LogP contribution in [-0.2, 0) is 28.5 Å². The van der Waals surface area contributed by atoms with Gasteiger partial charge in [0.2, 0.25) is 0 Å². The fourth-order valence-corrected chi connectivity index (χ4v) is 4.22. The highest BCUT2D eigenvalue weighted by Crippen LogP contribution is 2.22. The molecule has 228 valence electrons. The summed E-state index contributed by atoms with van der Waals surface area (Å²) in [5, 5.41) is 39.2. The van der Waals surface area contributed by atoms with Gasteiger partial charge in [0.25, 0.3) is 0 Å². The van der Waals surface area contributed by atoms with Crippen LogP contribution in [-0.4, -0.2) is 89.0 Å². The summed E-state index contributed by atoms with van der Waals surface area (Å²) >= 11 is 0. The van der Waals surface area contributed by atoms with Gasteiger partial charge >= 0.3 is 11.9 Å². The number of unbranched alkanes of at least 4 members (excludes halogenated alkanes) is 10. The van der Waals surface area contributed by atoms with Crippen molar-refractivity contribution < 1.29 is 49.0 Å². The van der Waals surface area contributed by atoms with Gasteiger partial charge in [-0.2, -0.15) is 0 Å². The van der Waals surface area contributed by atoms with Crippen molar-refractivity contribution >= 4 is 11.9 Å². The third-order valence-corrected chi connectivity index (χ3v) is 6.70. The molecule has 39 heavy (non-hydrogen) atoms. The maximum atomic E-state index is 12.4. The molecule has 1 aliphatic rings. The molecule has 0 spiro atoms. The highest BCUT2D eigenvalue weighted by Gasteiger charge is 2.44. The zero-order chi connectivity index (χ0) is 28.9. The molecule has 4 N–H and O–H groups in total. The number of allylic oxidation sites excluding steroid dienone is 2. The van der Waals surface area contributed by atoms with E-state index in [0.717, 1.165) is 38.5 Å². The monoisotopic (exact) mass is 560 g/mol. The molecule has 0 bridgehead atoms. The average Bonchev–Trinajstić information content (AvgIpc) is 2.93. The molecule has 6 unspecified atom stereocenters. The molecule has 1 heterocycles. The maximum absolute atomic E-state index is 12.4. The zero-order valence-electron chi connectivity index (χ0n) is 23.9. The van der Waals surface area contributed by atoms with E-state index < -0.39 is 55.4 Å². The Kier molecular flexibility index (Phi) is 20.2. The van der Waals surface area contributed by atoms with E-state index in [9.17, 15) is 30.0 Å². The fraction of sp³-hybridized carbons (Fsp3) is 0.862. The standard InChI is InChI=1S/C29H52O10/c1-3-5-6-7-8-9-10-11-12-13-14-15-16-17-18-25(32)38-22(20-36-24(31)4-2)21-37-29-28(35)27(34)26(33)23(19-30)39-29/h10-11,22-23,26-30,33-35H,3-9,12-21H2,1-2H3/b11-10-. The minimum atomic E-state index is -1.59. The Morgan fingerprint density at radius 3 is 2.03 bits per heavy atom. The van der Waals surface area contributed by atoms with Gasteiger partial charge in [-0.05, 0) is 32.1 Å². The molecule has 0 aromatic carbocycles. The Bertz CT molecular complexity index is 668. The van der Waals surface area contributed by atoms with Gasteiger partial charge in [0.05, 0.1) is 13.2 Å². The number of ether oxygens (including phenoxy) is 4. The Morgan fingerprint density at radius 2 is 1.41 bits per heavy atom. The summed E-state index contributed by atoms with van der Waals surface area (Å²) in [6.07, 6.45) is 10.5. The summed E-state index contributed by atoms with van der Waals surface area (Å²) in [6.45, 7) is 2.76. The number of carbonyl (C=O) groups is 2. The van der Waals surface area contributed by atoms with Crippen molar-refractivity contribution in [3.8, 4) is 0 Å². The quantitative estimate of drug-likeness (QED) is 0.0881. The van der Waals surface area contributed by atoms with E-state index in [4.69, 9.17) is 18.9 Å². The Balaban J connectivity index is 2.30. The van der Waals surface area contributed by atoms with Gasteiger partial charge < -0.3 is 39.4 Å². The van der Waals surface area contributed by atoms with Crippen molar-refractivity contribution in [1.29, 1.82) is 0 Å². The Labute approximate surface area is 233 Å². The van der Waals surface area contributed by atoms with Crippen molar-refractivity contribution in [3.63, 3.8) is 0 Å². The van der Waals surface area contributed by atoms with E-state index in [1.54, 1.807) is 6.92 Å². The van der Waals surface area contributed by atoms with Gasteiger partial charge in [-0.3, -0.25) is 9.59 Å². The van der Waals surface area contributed by atoms with E-state index in [1.165, 1.54) is 32.1 Å². The zero-order valence-corrected chi connectivity index (χ0v) is 23.9. The second kappa shape index (κ2) is 22.2. The van der Waals surface area contributed by atoms with Crippen molar-refractivity contribution in [3.05, 3.63) is 12.2 Å². The van der Waals surface area contributed by atoms with Crippen LogP contribution >= 0.6 is 0 Å². The SMILES string of the molecule is CCCCCCC/C=C\CCCCCCCC(=O)OC(COC(=O)CC)COC1OC(CO)C(O)C(O)C1O. The third kappa shape index (κ3) is 15.7. The molecule has 1 saturated heterocycles. The lowest BCUT2D eigenvalue weighted by atomic mass is 9.99.